The number of anilines is 2. The van der Waals surface area contributed by atoms with Gasteiger partial charge in [0.25, 0.3) is 0 Å². The molecule has 0 N–H and O–H groups in total. The fraction of sp³-hybridized carbons (Fsp3) is 0.296. The van der Waals surface area contributed by atoms with Crippen LogP contribution >= 0.6 is 0 Å². The number of benzene rings is 3. The van der Waals surface area contributed by atoms with Gasteiger partial charge in [0.15, 0.2) is 0 Å². The summed E-state index contributed by atoms with van der Waals surface area (Å²) in [5, 5.41) is 0. The second-order valence-electron chi connectivity index (χ2n) is 8.52. The van der Waals surface area contributed by atoms with Gasteiger partial charge in [0, 0.05) is 31.9 Å². The maximum absolute atomic E-state index is 13.6. The molecule has 0 unspecified atom stereocenters. The summed E-state index contributed by atoms with van der Waals surface area (Å²) in [6, 6.07) is 26.4. The molecule has 2 aliphatic heterocycles. The van der Waals surface area contributed by atoms with Crippen molar-refractivity contribution >= 4 is 17.3 Å². The normalized spacial score (nSPS) is 18.7. The number of fused-ring (bicyclic) bond motifs is 1. The van der Waals surface area contributed by atoms with Crippen LogP contribution in [0.25, 0.3) is 0 Å². The van der Waals surface area contributed by atoms with Crippen molar-refractivity contribution < 1.29 is 9.53 Å². The molecule has 3 aromatic rings. The van der Waals surface area contributed by atoms with E-state index in [0.717, 1.165) is 43.2 Å². The van der Waals surface area contributed by atoms with E-state index >= 15 is 0 Å². The SMILES string of the molecule is Cc1ccccc1N1CCN(CC(=O)N2c3ccccc3OC[C@@H]2c2ccccc2)CC1. The minimum Gasteiger partial charge on any atom is -0.489 e. The molecule has 5 rings (SSSR count). The fourth-order valence-corrected chi connectivity index (χ4v) is 4.75. The highest BCUT2D eigenvalue weighted by molar-refractivity contribution is 5.97. The van der Waals surface area contributed by atoms with Gasteiger partial charge >= 0.3 is 0 Å². The van der Waals surface area contributed by atoms with Gasteiger partial charge in [-0.05, 0) is 36.2 Å². The van der Waals surface area contributed by atoms with Crippen molar-refractivity contribution in [1.82, 2.24) is 4.90 Å². The van der Waals surface area contributed by atoms with Crippen molar-refractivity contribution in [3.05, 3.63) is 90.0 Å². The van der Waals surface area contributed by atoms with Crippen LogP contribution in [0.3, 0.4) is 0 Å². The van der Waals surface area contributed by atoms with Crippen molar-refractivity contribution in [2.24, 2.45) is 0 Å². The van der Waals surface area contributed by atoms with Crippen LogP contribution in [0.15, 0.2) is 78.9 Å². The molecule has 1 amide bonds. The highest BCUT2D eigenvalue weighted by Gasteiger charge is 2.34. The second kappa shape index (κ2) is 9.05. The van der Waals surface area contributed by atoms with Gasteiger partial charge in [0.2, 0.25) is 5.91 Å². The molecule has 5 nitrogen and oxygen atoms in total. The van der Waals surface area contributed by atoms with Crippen LogP contribution < -0.4 is 14.5 Å². The Labute approximate surface area is 189 Å². The lowest BCUT2D eigenvalue weighted by Crippen LogP contribution is -2.51. The van der Waals surface area contributed by atoms with Gasteiger partial charge in [-0.2, -0.15) is 0 Å². The smallest absolute Gasteiger partial charge is 0.241 e. The number of rotatable bonds is 4. The number of hydrogen-bond donors (Lipinski definition) is 0. The van der Waals surface area contributed by atoms with Crippen molar-refractivity contribution in [3.63, 3.8) is 0 Å². The van der Waals surface area contributed by atoms with E-state index in [0.29, 0.717) is 13.2 Å². The summed E-state index contributed by atoms with van der Waals surface area (Å²) in [7, 11) is 0. The zero-order valence-corrected chi connectivity index (χ0v) is 18.5. The Morgan fingerprint density at radius 1 is 0.844 bits per heavy atom. The molecule has 3 aromatic carbocycles. The number of piperazine rings is 1. The van der Waals surface area contributed by atoms with Gasteiger partial charge in [-0.15, -0.1) is 0 Å². The molecule has 1 atom stereocenters. The molecule has 0 bridgehead atoms. The molecule has 164 valence electrons. The standard InChI is InChI=1S/C27H29N3O2/c1-21-9-5-6-12-23(21)29-17-15-28(16-18-29)19-27(31)30-24-13-7-8-14-26(24)32-20-25(30)22-10-3-2-4-11-22/h2-14,25H,15-20H2,1H3/t25-/m1/s1. The van der Waals surface area contributed by atoms with E-state index in [4.69, 9.17) is 4.74 Å². The summed E-state index contributed by atoms with van der Waals surface area (Å²) in [6.07, 6.45) is 0. The monoisotopic (exact) mass is 427 g/mol. The first kappa shape index (κ1) is 20.6. The molecule has 1 saturated heterocycles. The summed E-state index contributed by atoms with van der Waals surface area (Å²) in [4.78, 5) is 20.3. The minimum atomic E-state index is -0.119. The van der Waals surface area contributed by atoms with Gasteiger partial charge < -0.3 is 9.64 Å². The number of carbonyl (C=O) groups is 1. The molecular weight excluding hydrogens is 398 g/mol. The summed E-state index contributed by atoms with van der Waals surface area (Å²) < 4.78 is 6.02. The predicted molar refractivity (Wildman–Crippen MR) is 128 cm³/mol. The molecular formula is C27H29N3O2. The Hall–Kier alpha value is -3.31. The topological polar surface area (TPSA) is 36.0 Å². The van der Waals surface area contributed by atoms with E-state index < -0.39 is 0 Å². The van der Waals surface area contributed by atoms with Crippen molar-refractivity contribution in [2.75, 3.05) is 49.1 Å². The lowest BCUT2D eigenvalue weighted by molar-refractivity contribution is -0.120. The predicted octanol–water partition coefficient (Wildman–Crippen LogP) is 4.28. The number of hydrogen-bond acceptors (Lipinski definition) is 4. The van der Waals surface area contributed by atoms with Crippen LogP contribution in [0.5, 0.6) is 5.75 Å². The second-order valence-corrected chi connectivity index (χ2v) is 8.52. The molecule has 0 saturated carbocycles. The average Bonchev–Trinajstić information content (AvgIpc) is 2.85. The number of ether oxygens (including phenoxy) is 1. The molecule has 0 spiro atoms. The van der Waals surface area contributed by atoms with Gasteiger partial charge in [0.05, 0.1) is 18.3 Å². The van der Waals surface area contributed by atoms with E-state index in [1.54, 1.807) is 0 Å². The summed E-state index contributed by atoms with van der Waals surface area (Å²) in [6.45, 7) is 6.65. The highest BCUT2D eigenvalue weighted by atomic mass is 16.5. The van der Waals surface area contributed by atoms with E-state index in [1.165, 1.54) is 11.3 Å². The molecule has 2 aliphatic rings. The van der Waals surface area contributed by atoms with Crippen LogP contribution in [0.4, 0.5) is 11.4 Å². The fourth-order valence-electron chi connectivity index (χ4n) is 4.75. The third kappa shape index (κ3) is 4.08. The summed E-state index contributed by atoms with van der Waals surface area (Å²) in [5.74, 6) is 0.899. The number of nitrogens with zero attached hydrogens (tertiary/aromatic N) is 3. The maximum Gasteiger partial charge on any atom is 0.241 e. The Balaban J connectivity index is 1.32. The minimum absolute atomic E-state index is 0.119. The number of amides is 1. The molecule has 1 fully saturated rings. The van der Waals surface area contributed by atoms with Gasteiger partial charge in [-0.3, -0.25) is 14.6 Å². The molecule has 0 aromatic heterocycles. The maximum atomic E-state index is 13.6. The van der Waals surface area contributed by atoms with Gasteiger partial charge in [-0.25, -0.2) is 0 Å². The Morgan fingerprint density at radius 2 is 1.50 bits per heavy atom. The van der Waals surface area contributed by atoms with E-state index in [2.05, 4.69) is 53.1 Å². The summed E-state index contributed by atoms with van der Waals surface area (Å²) in [5.41, 5.74) is 4.55. The van der Waals surface area contributed by atoms with Crippen LogP contribution in [0.1, 0.15) is 17.2 Å². The van der Waals surface area contributed by atoms with Crippen LogP contribution in [0.2, 0.25) is 0 Å². The number of aryl methyl sites for hydroxylation is 1. The highest BCUT2D eigenvalue weighted by Crippen LogP contribution is 2.39. The van der Waals surface area contributed by atoms with E-state index in [-0.39, 0.29) is 11.9 Å². The molecule has 2 heterocycles. The quantitative estimate of drug-likeness (QED) is 0.623. The summed E-state index contributed by atoms with van der Waals surface area (Å²) >= 11 is 0. The van der Waals surface area contributed by atoms with Crippen LogP contribution in [-0.4, -0.2) is 50.1 Å². The first-order valence-corrected chi connectivity index (χ1v) is 11.3. The third-order valence-electron chi connectivity index (χ3n) is 6.47. The first-order chi connectivity index (χ1) is 15.7. The van der Waals surface area contributed by atoms with Crippen molar-refractivity contribution in [3.8, 4) is 5.75 Å². The lowest BCUT2D eigenvalue weighted by atomic mass is 10.0. The largest absolute Gasteiger partial charge is 0.489 e. The van der Waals surface area contributed by atoms with Gasteiger partial charge in [0.1, 0.15) is 12.4 Å². The lowest BCUT2D eigenvalue weighted by Gasteiger charge is -2.40. The van der Waals surface area contributed by atoms with Crippen LogP contribution in [0, 0.1) is 6.92 Å². The van der Waals surface area contributed by atoms with Crippen molar-refractivity contribution in [2.45, 2.75) is 13.0 Å². The number of carbonyl (C=O) groups excluding carboxylic acids is 1. The Kier molecular flexibility index (Phi) is 5.82. The number of para-hydroxylation sites is 3. The molecule has 32 heavy (non-hydrogen) atoms. The van der Waals surface area contributed by atoms with Crippen molar-refractivity contribution in [1.29, 1.82) is 0 Å². The first-order valence-electron chi connectivity index (χ1n) is 11.3. The zero-order valence-electron chi connectivity index (χ0n) is 18.5. The average molecular weight is 428 g/mol. The zero-order chi connectivity index (χ0) is 21.9. The molecule has 0 aliphatic carbocycles. The molecule has 0 radical (unpaired) electrons. The Bertz CT molecular complexity index is 1080. The Morgan fingerprint density at radius 3 is 2.25 bits per heavy atom. The molecule has 5 heteroatoms. The third-order valence-corrected chi connectivity index (χ3v) is 6.47. The van der Waals surface area contributed by atoms with Crippen LogP contribution in [-0.2, 0) is 4.79 Å². The van der Waals surface area contributed by atoms with E-state index in [1.807, 2.05) is 47.4 Å². The van der Waals surface area contributed by atoms with Gasteiger partial charge in [-0.1, -0.05) is 60.7 Å². The van der Waals surface area contributed by atoms with E-state index in [9.17, 15) is 4.79 Å².